The van der Waals surface area contributed by atoms with Crippen molar-refractivity contribution in [3.05, 3.63) is 30.1 Å². The zero-order valence-electron chi connectivity index (χ0n) is 12.6. The Morgan fingerprint density at radius 2 is 2.24 bits per heavy atom. The average Bonchev–Trinajstić information content (AvgIpc) is 2.49. The molecule has 1 amide bonds. The van der Waals surface area contributed by atoms with Crippen molar-refractivity contribution < 1.29 is 9.53 Å². The Kier molecular flexibility index (Phi) is 7.08. The summed E-state index contributed by atoms with van der Waals surface area (Å²) in [4.78, 5) is 16.7. The van der Waals surface area contributed by atoms with Gasteiger partial charge in [-0.05, 0) is 44.5 Å². The number of amides is 1. The Morgan fingerprint density at radius 3 is 2.81 bits per heavy atom. The molecule has 1 saturated heterocycles. The second-order valence-corrected chi connectivity index (χ2v) is 5.44. The molecular weight excluding hydrogens is 290 g/mol. The highest BCUT2D eigenvalue weighted by molar-refractivity contribution is 5.85. The van der Waals surface area contributed by atoms with Crippen LogP contribution in [-0.4, -0.2) is 37.7 Å². The zero-order valence-corrected chi connectivity index (χ0v) is 13.4. The zero-order chi connectivity index (χ0) is 14.4. The summed E-state index contributed by atoms with van der Waals surface area (Å²) in [6.45, 7) is 4.17. The number of halogens is 1. The molecule has 2 heterocycles. The Bertz CT molecular complexity index is 430. The van der Waals surface area contributed by atoms with E-state index in [2.05, 4.69) is 15.6 Å². The number of rotatable bonds is 5. The highest BCUT2D eigenvalue weighted by Gasteiger charge is 2.40. The van der Waals surface area contributed by atoms with Crippen LogP contribution in [0.25, 0.3) is 0 Å². The van der Waals surface area contributed by atoms with E-state index in [9.17, 15) is 4.79 Å². The first-order valence-electron chi connectivity index (χ1n) is 7.08. The summed E-state index contributed by atoms with van der Waals surface area (Å²) in [6, 6.07) is 3.82. The monoisotopic (exact) mass is 313 g/mol. The molecule has 2 N–H and O–H groups in total. The van der Waals surface area contributed by atoms with Crippen LogP contribution in [-0.2, 0) is 9.53 Å². The van der Waals surface area contributed by atoms with Crippen LogP contribution in [0.2, 0.25) is 0 Å². The number of methoxy groups -OCH3 is 1. The minimum absolute atomic E-state index is 0. The molecule has 1 aliphatic heterocycles. The number of aromatic nitrogens is 1. The van der Waals surface area contributed by atoms with Crippen molar-refractivity contribution in [1.29, 1.82) is 0 Å². The molecule has 5 nitrogen and oxygen atoms in total. The van der Waals surface area contributed by atoms with E-state index in [4.69, 9.17) is 4.74 Å². The summed E-state index contributed by atoms with van der Waals surface area (Å²) in [5.41, 5.74) is 0.610. The van der Waals surface area contributed by atoms with E-state index in [1.54, 1.807) is 19.5 Å². The van der Waals surface area contributed by atoms with E-state index in [0.717, 1.165) is 31.5 Å². The molecule has 21 heavy (non-hydrogen) atoms. The van der Waals surface area contributed by atoms with E-state index in [1.807, 2.05) is 19.1 Å². The third kappa shape index (κ3) is 4.40. The number of hydrogen-bond donors (Lipinski definition) is 2. The van der Waals surface area contributed by atoms with Crippen molar-refractivity contribution in [2.45, 2.75) is 25.8 Å². The number of pyridine rings is 1. The van der Waals surface area contributed by atoms with Crippen LogP contribution < -0.4 is 10.6 Å². The fourth-order valence-electron chi connectivity index (χ4n) is 2.68. The molecule has 0 spiro atoms. The lowest BCUT2D eigenvalue weighted by Gasteiger charge is -2.36. The van der Waals surface area contributed by atoms with Crippen LogP contribution in [0.1, 0.15) is 31.4 Å². The lowest BCUT2D eigenvalue weighted by molar-refractivity contribution is -0.136. The molecule has 2 rings (SSSR count). The molecule has 0 aliphatic carbocycles. The van der Waals surface area contributed by atoms with Gasteiger partial charge in [-0.1, -0.05) is 6.07 Å². The van der Waals surface area contributed by atoms with Gasteiger partial charge in [0.25, 0.3) is 0 Å². The van der Waals surface area contributed by atoms with Gasteiger partial charge in [-0.3, -0.25) is 9.78 Å². The number of hydrogen-bond acceptors (Lipinski definition) is 4. The van der Waals surface area contributed by atoms with Crippen LogP contribution in [0.3, 0.4) is 0 Å². The molecule has 0 bridgehead atoms. The van der Waals surface area contributed by atoms with Gasteiger partial charge in [0.2, 0.25) is 5.91 Å². The van der Waals surface area contributed by atoms with Gasteiger partial charge in [-0.2, -0.15) is 0 Å². The van der Waals surface area contributed by atoms with Gasteiger partial charge < -0.3 is 15.4 Å². The molecule has 6 heteroatoms. The standard InChI is InChI=1S/C15H23N3O2.ClH/c1-12(13-4-3-7-17-10-13)18-14(19)15(11-20-2)5-8-16-9-6-15;/h3-4,7,10,12,16H,5-6,8-9,11H2,1-2H3,(H,18,19);1H. The highest BCUT2D eigenvalue weighted by Crippen LogP contribution is 2.30. The molecule has 118 valence electrons. The molecule has 1 aliphatic rings. The van der Waals surface area contributed by atoms with Crippen LogP contribution in [0.15, 0.2) is 24.5 Å². The lowest BCUT2D eigenvalue weighted by Crippen LogP contribution is -2.50. The smallest absolute Gasteiger partial charge is 0.229 e. The molecule has 1 unspecified atom stereocenters. The van der Waals surface area contributed by atoms with E-state index in [-0.39, 0.29) is 24.4 Å². The minimum atomic E-state index is -0.406. The summed E-state index contributed by atoms with van der Waals surface area (Å²) in [6.07, 6.45) is 5.15. The largest absolute Gasteiger partial charge is 0.384 e. The van der Waals surface area contributed by atoms with Crippen molar-refractivity contribution in [3.8, 4) is 0 Å². The van der Waals surface area contributed by atoms with Crippen LogP contribution >= 0.6 is 12.4 Å². The molecule has 0 saturated carbocycles. The normalized spacial score (nSPS) is 18.4. The maximum atomic E-state index is 12.7. The topological polar surface area (TPSA) is 63.2 Å². The van der Waals surface area contributed by atoms with E-state index >= 15 is 0 Å². The third-order valence-corrected chi connectivity index (χ3v) is 3.99. The highest BCUT2D eigenvalue weighted by atomic mass is 35.5. The Balaban J connectivity index is 0.00000220. The molecule has 1 aromatic heterocycles. The Morgan fingerprint density at radius 1 is 1.52 bits per heavy atom. The quantitative estimate of drug-likeness (QED) is 0.868. The second-order valence-electron chi connectivity index (χ2n) is 5.44. The van der Waals surface area contributed by atoms with E-state index < -0.39 is 5.41 Å². The minimum Gasteiger partial charge on any atom is -0.384 e. The summed E-state index contributed by atoms with van der Waals surface area (Å²) in [5.74, 6) is 0.0807. The molecule has 1 aromatic rings. The van der Waals surface area contributed by atoms with Gasteiger partial charge in [-0.25, -0.2) is 0 Å². The number of nitrogens with zero attached hydrogens (tertiary/aromatic N) is 1. The molecule has 1 fully saturated rings. The van der Waals surface area contributed by atoms with Crippen molar-refractivity contribution in [1.82, 2.24) is 15.6 Å². The predicted molar refractivity (Wildman–Crippen MR) is 84.5 cm³/mol. The SMILES string of the molecule is COCC1(C(=O)NC(C)c2cccnc2)CCNCC1.Cl. The van der Waals surface area contributed by atoms with Crippen LogP contribution in [0.5, 0.6) is 0 Å². The number of ether oxygens (including phenoxy) is 1. The van der Waals surface area contributed by atoms with Crippen LogP contribution in [0.4, 0.5) is 0 Å². The number of carbonyl (C=O) groups excluding carboxylic acids is 1. The Hall–Kier alpha value is -1.17. The van der Waals surface area contributed by atoms with Gasteiger partial charge >= 0.3 is 0 Å². The first-order chi connectivity index (χ1) is 9.68. The maximum absolute atomic E-state index is 12.7. The number of carbonyl (C=O) groups is 1. The van der Waals surface area contributed by atoms with Gasteiger partial charge in [0, 0.05) is 19.5 Å². The van der Waals surface area contributed by atoms with Crippen molar-refractivity contribution in [2.75, 3.05) is 26.8 Å². The third-order valence-electron chi connectivity index (χ3n) is 3.99. The fraction of sp³-hybridized carbons (Fsp3) is 0.600. The van der Waals surface area contributed by atoms with Crippen molar-refractivity contribution >= 4 is 18.3 Å². The van der Waals surface area contributed by atoms with Gasteiger partial charge in [-0.15, -0.1) is 12.4 Å². The van der Waals surface area contributed by atoms with Gasteiger partial charge in [0.15, 0.2) is 0 Å². The van der Waals surface area contributed by atoms with Gasteiger partial charge in [0.05, 0.1) is 18.1 Å². The first-order valence-corrected chi connectivity index (χ1v) is 7.08. The summed E-state index contributed by atoms with van der Waals surface area (Å²) in [5, 5.41) is 6.40. The van der Waals surface area contributed by atoms with E-state index in [0.29, 0.717) is 6.61 Å². The van der Waals surface area contributed by atoms with Gasteiger partial charge in [0.1, 0.15) is 0 Å². The summed E-state index contributed by atoms with van der Waals surface area (Å²) >= 11 is 0. The first kappa shape index (κ1) is 17.9. The molecule has 1 atom stereocenters. The molecule has 0 radical (unpaired) electrons. The molecule has 0 aromatic carbocycles. The predicted octanol–water partition coefficient (Wildman–Crippen LogP) is 1.70. The van der Waals surface area contributed by atoms with Crippen LogP contribution in [0, 0.1) is 5.41 Å². The average molecular weight is 314 g/mol. The number of piperidine rings is 1. The number of nitrogens with one attached hydrogen (secondary N) is 2. The Labute approximate surface area is 132 Å². The molecular formula is C15H24ClN3O2. The van der Waals surface area contributed by atoms with Crippen molar-refractivity contribution in [2.24, 2.45) is 5.41 Å². The van der Waals surface area contributed by atoms with Crippen molar-refractivity contribution in [3.63, 3.8) is 0 Å². The lowest BCUT2D eigenvalue weighted by atomic mass is 9.78. The maximum Gasteiger partial charge on any atom is 0.229 e. The second kappa shape index (κ2) is 8.32. The fourth-order valence-corrected chi connectivity index (χ4v) is 2.68. The summed E-state index contributed by atoms with van der Waals surface area (Å²) in [7, 11) is 1.65. The summed E-state index contributed by atoms with van der Waals surface area (Å²) < 4.78 is 5.29. The van der Waals surface area contributed by atoms with E-state index in [1.165, 1.54) is 0 Å².